The van der Waals surface area contributed by atoms with Crippen LogP contribution in [0.2, 0.25) is 0 Å². The molecule has 1 saturated heterocycles. The summed E-state index contributed by atoms with van der Waals surface area (Å²) in [6.45, 7) is 0.822. The van der Waals surface area contributed by atoms with E-state index in [1.54, 1.807) is 14.2 Å². The normalized spacial score (nSPS) is 25.5. The Bertz CT molecular complexity index is 722. The lowest BCUT2D eigenvalue weighted by molar-refractivity contribution is 0.0766. The largest absolute Gasteiger partial charge is 0.497 e. The lowest BCUT2D eigenvalue weighted by Gasteiger charge is -2.34. The molecule has 0 N–H and O–H groups in total. The van der Waals surface area contributed by atoms with Crippen LogP contribution in [0, 0.1) is 0 Å². The van der Waals surface area contributed by atoms with Gasteiger partial charge >= 0.3 is 0 Å². The Labute approximate surface area is 143 Å². The summed E-state index contributed by atoms with van der Waals surface area (Å²) in [5.74, 6) is 1.84. The Kier molecular flexibility index (Phi) is 3.97. The van der Waals surface area contributed by atoms with Gasteiger partial charge in [-0.1, -0.05) is 18.2 Å². The van der Waals surface area contributed by atoms with E-state index in [4.69, 9.17) is 14.2 Å². The number of benzene rings is 2. The average Bonchev–Trinajstić information content (AvgIpc) is 3.00. The fraction of sp³-hybridized carbons (Fsp3) is 0.429. The Morgan fingerprint density at radius 2 is 1.71 bits per heavy atom. The minimum atomic E-state index is 0.0755. The van der Waals surface area contributed by atoms with Gasteiger partial charge in [-0.05, 0) is 66.6 Å². The van der Waals surface area contributed by atoms with Gasteiger partial charge in [0.25, 0.3) is 0 Å². The highest BCUT2D eigenvalue weighted by atomic mass is 16.5. The van der Waals surface area contributed by atoms with Crippen LogP contribution < -0.4 is 9.47 Å². The van der Waals surface area contributed by atoms with Crippen molar-refractivity contribution in [1.29, 1.82) is 0 Å². The molecule has 1 fully saturated rings. The third-order valence-corrected chi connectivity index (χ3v) is 5.70. The van der Waals surface area contributed by atoms with Crippen molar-refractivity contribution in [1.82, 2.24) is 0 Å². The number of fused-ring (bicyclic) bond motifs is 3. The van der Waals surface area contributed by atoms with E-state index in [0.29, 0.717) is 0 Å². The molecule has 2 aromatic rings. The topological polar surface area (TPSA) is 27.7 Å². The zero-order valence-corrected chi connectivity index (χ0v) is 14.4. The van der Waals surface area contributed by atoms with Crippen LogP contribution in [0.3, 0.4) is 0 Å². The monoisotopic (exact) mass is 324 g/mol. The number of rotatable bonds is 3. The van der Waals surface area contributed by atoms with E-state index in [-0.39, 0.29) is 11.5 Å². The van der Waals surface area contributed by atoms with E-state index < -0.39 is 0 Å². The predicted octanol–water partition coefficient (Wildman–Crippen LogP) is 4.44. The van der Waals surface area contributed by atoms with Gasteiger partial charge in [0.1, 0.15) is 11.5 Å². The maximum Gasteiger partial charge on any atom is 0.119 e. The zero-order valence-electron chi connectivity index (χ0n) is 14.4. The van der Waals surface area contributed by atoms with Crippen LogP contribution in [0.25, 0.3) is 0 Å². The summed E-state index contributed by atoms with van der Waals surface area (Å²) in [4.78, 5) is 0. The Balaban J connectivity index is 1.79. The summed E-state index contributed by atoms with van der Waals surface area (Å²) in [7, 11) is 3.44. The van der Waals surface area contributed by atoms with Crippen molar-refractivity contribution in [3.05, 3.63) is 59.2 Å². The number of aryl methyl sites for hydroxylation is 1. The first-order valence-electron chi connectivity index (χ1n) is 8.70. The predicted molar refractivity (Wildman–Crippen MR) is 93.9 cm³/mol. The van der Waals surface area contributed by atoms with Gasteiger partial charge in [0.15, 0.2) is 0 Å². The first kappa shape index (κ1) is 15.5. The molecule has 24 heavy (non-hydrogen) atoms. The molecule has 3 nitrogen and oxygen atoms in total. The highest BCUT2D eigenvalue weighted by molar-refractivity contribution is 5.44. The third kappa shape index (κ3) is 2.39. The molecule has 1 aliphatic carbocycles. The standard InChI is InChI=1S/C21H24O3/c1-22-17-7-5-16(6-8-17)21-11-3-4-15-14-18(23-2)9-10-19(15)20(21)24-13-12-21/h5-10,14,20H,3-4,11-13H2,1-2H3. The molecular formula is C21H24O3. The molecule has 3 heteroatoms. The number of hydrogen-bond donors (Lipinski definition) is 0. The molecule has 126 valence electrons. The molecule has 2 aliphatic rings. The van der Waals surface area contributed by atoms with Gasteiger partial charge in [-0.15, -0.1) is 0 Å². The van der Waals surface area contributed by atoms with Crippen LogP contribution in [0.4, 0.5) is 0 Å². The molecule has 2 unspecified atom stereocenters. The summed E-state index contributed by atoms with van der Waals surface area (Å²) >= 11 is 0. The van der Waals surface area contributed by atoms with Crippen LogP contribution in [0.1, 0.15) is 42.1 Å². The van der Waals surface area contributed by atoms with Crippen molar-refractivity contribution in [2.24, 2.45) is 0 Å². The first-order valence-corrected chi connectivity index (χ1v) is 8.70. The molecule has 0 spiro atoms. The van der Waals surface area contributed by atoms with Crippen molar-refractivity contribution >= 4 is 0 Å². The van der Waals surface area contributed by atoms with Crippen LogP contribution >= 0.6 is 0 Å². The zero-order chi connectivity index (χ0) is 16.6. The van der Waals surface area contributed by atoms with Gasteiger partial charge in [0, 0.05) is 12.0 Å². The Hall–Kier alpha value is -2.00. The summed E-state index contributed by atoms with van der Waals surface area (Å²) < 4.78 is 17.0. The molecule has 2 atom stereocenters. The van der Waals surface area contributed by atoms with Gasteiger partial charge in [-0.3, -0.25) is 0 Å². The third-order valence-electron chi connectivity index (χ3n) is 5.70. The fourth-order valence-electron chi connectivity index (χ4n) is 4.43. The quantitative estimate of drug-likeness (QED) is 0.835. The maximum absolute atomic E-state index is 6.28. The van der Waals surface area contributed by atoms with Gasteiger partial charge in [-0.2, -0.15) is 0 Å². The van der Waals surface area contributed by atoms with Gasteiger partial charge in [-0.25, -0.2) is 0 Å². The molecule has 0 radical (unpaired) electrons. The average molecular weight is 324 g/mol. The van der Waals surface area contributed by atoms with Crippen LogP contribution in [-0.2, 0) is 16.6 Å². The molecule has 0 amide bonds. The Morgan fingerprint density at radius 1 is 0.958 bits per heavy atom. The SMILES string of the molecule is COc1ccc(C23CCCc4cc(OC)ccc4C2OCC3)cc1. The fourth-order valence-corrected chi connectivity index (χ4v) is 4.43. The van der Waals surface area contributed by atoms with E-state index in [2.05, 4.69) is 42.5 Å². The molecule has 4 rings (SSSR count). The van der Waals surface area contributed by atoms with Crippen molar-refractivity contribution in [2.75, 3.05) is 20.8 Å². The Morgan fingerprint density at radius 3 is 2.46 bits per heavy atom. The van der Waals surface area contributed by atoms with Crippen LogP contribution in [0.5, 0.6) is 11.5 Å². The number of hydrogen-bond acceptors (Lipinski definition) is 3. The van der Waals surface area contributed by atoms with Crippen molar-refractivity contribution in [3.8, 4) is 11.5 Å². The molecule has 0 saturated carbocycles. The van der Waals surface area contributed by atoms with E-state index >= 15 is 0 Å². The lowest BCUT2D eigenvalue weighted by atomic mass is 9.70. The van der Waals surface area contributed by atoms with Crippen LogP contribution in [-0.4, -0.2) is 20.8 Å². The lowest BCUT2D eigenvalue weighted by Crippen LogP contribution is -2.29. The molecular weight excluding hydrogens is 300 g/mol. The minimum absolute atomic E-state index is 0.0755. The van der Waals surface area contributed by atoms with E-state index in [0.717, 1.165) is 37.4 Å². The highest BCUT2D eigenvalue weighted by Gasteiger charge is 2.47. The smallest absolute Gasteiger partial charge is 0.119 e. The number of methoxy groups -OCH3 is 2. The summed E-state index contributed by atoms with van der Waals surface area (Å²) in [5.41, 5.74) is 4.15. The van der Waals surface area contributed by atoms with Crippen molar-refractivity contribution < 1.29 is 14.2 Å². The van der Waals surface area contributed by atoms with Crippen molar-refractivity contribution in [3.63, 3.8) is 0 Å². The van der Waals surface area contributed by atoms with Gasteiger partial charge in [0.05, 0.1) is 20.3 Å². The second kappa shape index (κ2) is 6.14. The highest BCUT2D eigenvalue weighted by Crippen LogP contribution is 2.53. The molecule has 0 aromatic heterocycles. The van der Waals surface area contributed by atoms with E-state index in [1.807, 2.05) is 0 Å². The number of ether oxygens (including phenoxy) is 3. The summed E-state index contributed by atoms with van der Waals surface area (Å²) in [5, 5.41) is 0. The molecule has 1 heterocycles. The van der Waals surface area contributed by atoms with E-state index in [1.165, 1.54) is 23.1 Å². The molecule has 2 aromatic carbocycles. The summed E-state index contributed by atoms with van der Waals surface area (Å²) in [6.07, 6.45) is 4.63. The maximum atomic E-state index is 6.28. The second-order valence-corrected chi connectivity index (χ2v) is 6.80. The summed E-state index contributed by atoms with van der Waals surface area (Å²) in [6, 6.07) is 15.0. The molecule has 1 aliphatic heterocycles. The first-order chi connectivity index (χ1) is 11.8. The minimum Gasteiger partial charge on any atom is -0.497 e. The molecule has 0 bridgehead atoms. The van der Waals surface area contributed by atoms with Crippen molar-refractivity contribution in [2.45, 2.75) is 37.2 Å². The second-order valence-electron chi connectivity index (χ2n) is 6.80. The van der Waals surface area contributed by atoms with Gasteiger partial charge in [0.2, 0.25) is 0 Å². The van der Waals surface area contributed by atoms with Gasteiger partial charge < -0.3 is 14.2 Å². The van der Waals surface area contributed by atoms with Crippen LogP contribution in [0.15, 0.2) is 42.5 Å². The van der Waals surface area contributed by atoms with E-state index in [9.17, 15) is 0 Å².